The molecule has 0 aromatic carbocycles. The summed E-state index contributed by atoms with van der Waals surface area (Å²) in [6, 6.07) is 1.66. The highest BCUT2D eigenvalue weighted by molar-refractivity contribution is 7.89. The van der Waals surface area contributed by atoms with Crippen LogP contribution in [0.5, 0.6) is 5.88 Å². The van der Waals surface area contributed by atoms with Gasteiger partial charge in [0.05, 0.1) is 12.9 Å². The van der Waals surface area contributed by atoms with Crippen molar-refractivity contribution in [2.45, 2.75) is 24.0 Å². The van der Waals surface area contributed by atoms with Crippen LogP contribution in [0.1, 0.15) is 12.8 Å². The van der Waals surface area contributed by atoms with Crippen LogP contribution in [-0.2, 0) is 17.1 Å². The summed E-state index contributed by atoms with van der Waals surface area (Å²) < 4.78 is 33.9. The molecule has 0 N–H and O–H groups in total. The predicted molar refractivity (Wildman–Crippen MR) is 77.6 cm³/mol. The smallest absolute Gasteiger partial charge is 0.262 e. The number of nitrogens with zero attached hydrogens (tertiary/aromatic N) is 5. The zero-order valence-corrected chi connectivity index (χ0v) is 13.0. The lowest BCUT2D eigenvalue weighted by atomic mass is 10.1. The van der Waals surface area contributed by atoms with Gasteiger partial charge in [-0.25, -0.2) is 23.4 Å². The first-order chi connectivity index (χ1) is 10.6. The zero-order valence-electron chi connectivity index (χ0n) is 12.2. The van der Waals surface area contributed by atoms with Gasteiger partial charge < -0.3 is 9.30 Å². The molecule has 0 bridgehead atoms. The third kappa shape index (κ3) is 3.09. The van der Waals surface area contributed by atoms with Gasteiger partial charge in [-0.2, -0.15) is 4.31 Å². The SMILES string of the molecule is Cn1cnc(S(=O)(=O)N2CCCC(Oc3ccncn3)C2)c1. The van der Waals surface area contributed by atoms with E-state index in [1.807, 2.05) is 0 Å². The van der Waals surface area contributed by atoms with Crippen LogP contribution < -0.4 is 4.74 Å². The number of sulfonamides is 1. The van der Waals surface area contributed by atoms with Gasteiger partial charge in [0.1, 0.15) is 12.4 Å². The molecule has 1 aliphatic rings. The zero-order chi connectivity index (χ0) is 15.6. The topological polar surface area (TPSA) is 90.2 Å². The summed E-state index contributed by atoms with van der Waals surface area (Å²) >= 11 is 0. The van der Waals surface area contributed by atoms with Crippen LogP contribution in [-0.4, -0.2) is 51.4 Å². The summed E-state index contributed by atoms with van der Waals surface area (Å²) in [6.07, 6.45) is 7.28. The number of ether oxygens (including phenoxy) is 1. The number of aromatic nitrogens is 4. The molecule has 0 aliphatic carbocycles. The Morgan fingerprint density at radius 3 is 2.91 bits per heavy atom. The third-order valence-corrected chi connectivity index (χ3v) is 5.22. The first-order valence-electron chi connectivity index (χ1n) is 6.96. The summed E-state index contributed by atoms with van der Waals surface area (Å²) in [6.45, 7) is 0.769. The van der Waals surface area contributed by atoms with Gasteiger partial charge in [0.15, 0.2) is 5.03 Å². The standard InChI is InChI=1S/C13H17N5O3S/c1-17-8-13(16-10-17)22(19,20)18-6-2-3-11(7-18)21-12-4-5-14-9-15-12/h4-5,8-11H,2-3,6-7H2,1H3. The van der Waals surface area contributed by atoms with E-state index in [4.69, 9.17) is 4.74 Å². The molecular formula is C13H17N5O3S. The van der Waals surface area contributed by atoms with E-state index >= 15 is 0 Å². The fraction of sp³-hybridized carbons (Fsp3) is 0.462. The number of aryl methyl sites for hydroxylation is 1. The van der Waals surface area contributed by atoms with Crippen LogP contribution in [0.15, 0.2) is 36.1 Å². The van der Waals surface area contributed by atoms with Crippen molar-refractivity contribution in [2.75, 3.05) is 13.1 Å². The quantitative estimate of drug-likeness (QED) is 0.811. The maximum Gasteiger partial charge on any atom is 0.262 e. The minimum absolute atomic E-state index is 0.0673. The van der Waals surface area contributed by atoms with Crippen LogP contribution >= 0.6 is 0 Å². The van der Waals surface area contributed by atoms with Crippen LogP contribution in [0, 0.1) is 0 Å². The van der Waals surface area contributed by atoms with Crippen molar-refractivity contribution in [3.05, 3.63) is 31.1 Å². The van der Waals surface area contributed by atoms with Gasteiger partial charge >= 0.3 is 0 Å². The largest absolute Gasteiger partial charge is 0.473 e. The summed E-state index contributed by atoms with van der Waals surface area (Å²) in [4.78, 5) is 11.8. The molecule has 0 spiro atoms. The molecule has 0 amide bonds. The van der Waals surface area contributed by atoms with Gasteiger partial charge in [0, 0.05) is 32.1 Å². The highest BCUT2D eigenvalue weighted by Crippen LogP contribution is 2.21. The third-order valence-electron chi connectivity index (χ3n) is 3.47. The lowest BCUT2D eigenvalue weighted by molar-refractivity contribution is 0.124. The molecule has 1 fully saturated rings. The van der Waals surface area contributed by atoms with E-state index in [9.17, 15) is 8.42 Å². The Bertz CT molecular complexity index is 731. The molecule has 3 heterocycles. The van der Waals surface area contributed by atoms with Crippen molar-refractivity contribution in [3.63, 3.8) is 0 Å². The minimum atomic E-state index is -3.58. The molecule has 1 saturated heterocycles. The summed E-state index contributed by atoms with van der Waals surface area (Å²) in [5.74, 6) is 0.456. The Labute approximate surface area is 128 Å². The second-order valence-corrected chi connectivity index (χ2v) is 7.05. The monoisotopic (exact) mass is 323 g/mol. The Morgan fingerprint density at radius 1 is 1.36 bits per heavy atom. The summed E-state index contributed by atoms with van der Waals surface area (Å²) in [5, 5.41) is 0.0673. The molecule has 22 heavy (non-hydrogen) atoms. The number of hydrogen-bond acceptors (Lipinski definition) is 6. The second kappa shape index (κ2) is 6.01. The van der Waals surface area contributed by atoms with Crippen molar-refractivity contribution >= 4 is 10.0 Å². The van der Waals surface area contributed by atoms with E-state index in [2.05, 4.69) is 15.0 Å². The van der Waals surface area contributed by atoms with Crippen LogP contribution in [0.4, 0.5) is 0 Å². The molecule has 0 saturated carbocycles. The molecule has 9 heteroatoms. The van der Waals surface area contributed by atoms with E-state index in [0.29, 0.717) is 19.0 Å². The van der Waals surface area contributed by atoms with Crippen molar-refractivity contribution in [2.24, 2.45) is 7.05 Å². The molecule has 2 aromatic rings. The second-order valence-electron chi connectivity index (χ2n) is 5.17. The van der Waals surface area contributed by atoms with E-state index < -0.39 is 10.0 Å². The van der Waals surface area contributed by atoms with E-state index in [1.54, 1.807) is 23.9 Å². The van der Waals surface area contributed by atoms with E-state index in [0.717, 1.165) is 12.8 Å². The van der Waals surface area contributed by atoms with Crippen LogP contribution in [0.3, 0.4) is 0 Å². The fourth-order valence-corrected chi connectivity index (χ4v) is 3.87. The Kier molecular flexibility index (Phi) is 4.08. The Balaban J connectivity index is 1.73. The number of rotatable bonds is 4. The fourth-order valence-electron chi connectivity index (χ4n) is 2.39. The molecule has 1 unspecified atom stereocenters. The van der Waals surface area contributed by atoms with Gasteiger partial charge in [0.25, 0.3) is 10.0 Å². The van der Waals surface area contributed by atoms with Gasteiger partial charge in [-0.15, -0.1) is 0 Å². The minimum Gasteiger partial charge on any atom is -0.473 e. The Morgan fingerprint density at radius 2 is 2.23 bits per heavy atom. The van der Waals surface area contributed by atoms with Gasteiger partial charge in [-0.05, 0) is 12.8 Å². The predicted octanol–water partition coefficient (Wildman–Crippen LogP) is 0.442. The normalized spacial score (nSPS) is 20.0. The molecule has 0 radical (unpaired) electrons. The average molecular weight is 323 g/mol. The van der Waals surface area contributed by atoms with Gasteiger partial charge in [-0.1, -0.05) is 0 Å². The number of imidazole rings is 1. The van der Waals surface area contributed by atoms with Gasteiger partial charge in [-0.3, -0.25) is 0 Å². The Hall–Kier alpha value is -2.00. The highest BCUT2D eigenvalue weighted by atomic mass is 32.2. The first-order valence-corrected chi connectivity index (χ1v) is 8.40. The first kappa shape index (κ1) is 14.9. The van der Waals surface area contributed by atoms with Crippen LogP contribution in [0.2, 0.25) is 0 Å². The number of piperidine rings is 1. The summed E-state index contributed by atoms with van der Waals surface area (Å²) in [7, 11) is -1.84. The lowest BCUT2D eigenvalue weighted by Gasteiger charge is -2.31. The molecule has 3 rings (SSSR count). The molecule has 1 atom stereocenters. The molecule has 8 nitrogen and oxygen atoms in total. The van der Waals surface area contributed by atoms with E-state index in [-0.39, 0.29) is 11.1 Å². The van der Waals surface area contributed by atoms with E-state index in [1.165, 1.54) is 23.2 Å². The van der Waals surface area contributed by atoms with Crippen LogP contribution in [0.25, 0.3) is 0 Å². The molecule has 118 valence electrons. The van der Waals surface area contributed by atoms with Crippen molar-refractivity contribution in [1.82, 2.24) is 23.8 Å². The number of hydrogen-bond donors (Lipinski definition) is 0. The maximum atomic E-state index is 12.6. The average Bonchev–Trinajstić information content (AvgIpc) is 2.96. The maximum absolute atomic E-state index is 12.6. The highest BCUT2D eigenvalue weighted by Gasteiger charge is 2.32. The van der Waals surface area contributed by atoms with Gasteiger partial charge in [0.2, 0.25) is 5.88 Å². The molecule has 1 aliphatic heterocycles. The van der Waals surface area contributed by atoms with Crippen molar-refractivity contribution < 1.29 is 13.2 Å². The summed E-state index contributed by atoms with van der Waals surface area (Å²) in [5.41, 5.74) is 0. The molecular weight excluding hydrogens is 306 g/mol. The van der Waals surface area contributed by atoms with Crippen molar-refractivity contribution in [3.8, 4) is 5.88 Å². The lowest BCUT2D eigenvalue weighted by Crippen LogP contribution is -2.44. The van der Waals surface area contributed by atoms with Crippen molar-refractivity contribution in [1.29, 1.82) is 0 Å². The molecule has 2 aromatic heterocycles.